The zero-order valence-corrected chi connectivity index (χ0v) is 23.0. The van der Waals surface area contributed by atoms with Gasteiger partial charge in [-0.2, -0.15) is 0 Å². The monoisotopic (exact) mass is 480 g/mol. The first-order valence-electron chi connectivity index (χ1n) is 15.1. The highest BCUT2D eigenvalue weighted by atomic mass is 14.3. The minimum Gasteiger partial charge on any atom is -0.0730 e. The predicted molar refractivity (Wildman–Crippen MR) is 156 cm³/mol. The molecule has 0 unspecified atom stereocenters. The van der Waals surface area contributed by atoms with E-state index in [0.717, 1.165) is 23.3 Å². The predicted octanol–water partition coefficient (Wildman–Crippen LogP) is 10.4. The zero-order valence-electron chi connectivity index (χ0n) is 23.0. The average molecular weight is 481 g/mol. The van der Waals surface area contributed by atoms with Crippen LogP contribution in [0.3, 0.4) is 0 Å². The van der Waals surface area contributed by atoms with Crippen LogP contribution < -0.4 is 0 Å². The van der Waals surface area contributed by atoms with Gasteiger partial charge in [0.05, 0.1) is 0 Å². The standard InChI is InChI=1S/C36H48/c1-3-5-6-10-30-15-23-35(24-16-30)36-27-19-32(20-28-36)12-8-7-11-31-17-25-34(26-18-31)33-21-13-29(9-4-2)14-22-33/h8,12,15-18,23-26,29,32-33,36H,3-6,9-10,13-14,19-22,27-28H2,1-2H3/b12-8+/t29-,32-,33-,36-. The van der Waals surface area contributed by atoms with E-state index in [1.807, 2.05) is 0 Å². The molecule has 0 radical (unpaired) electrons. The summed E-state index contributed by atoms with van der Waals surface area (Å²) in [6.07, 6.45) is 23.2. The Kier molecular flexibility index (Phi) is 10.8. The molecule has 0 aromatic heterocycles. The molecule has 2 aliphatic carbocycles. The molecule has 0 atom stereocenters. The van der Waals surface area contributed by atoms with Gasteiger partial charge in [0.2, 0.25) is 0 Å². The van der Waals surface area contributed by atoms with Crippen molar-refractivity contribution >= 4 is 0 Å². The minimum absolute atomic E-state index is 0.689. The zero-order chi connectivity index (χ0) is 25.0. The van der Waals surface area contributed by atoms with Crippen LogP contribution in [0, 0.1) is 23.7 Å². The molecule has 0 bridgehead atoms. The van der Waals surface area contributed by atoms with E-state index < -0.39 is 0 Å². The third-order valence-corrected chi connectivity index (χ3v) is 8.89. The van der Waals surface area contributed by atoms with Gasteiger partial charge in [-0.1, -0.05) is 93.8 Å². The van der Waals surface area contributed by atoms with E-state index in [1.54, 1.807) is 5.56 Å². The largest absolute Gasteiger partial charge is 0.0730 e. The van der Waals surface area contributed by atoms with E-state index in [9.17, 15) is 0 Å². The molecule has 0 nitrogen and oxygen atoms in total. The van der Waals surface area contributed by atoms with Gasteiger partial charge in [-0.3, -0.25) is 0 Å². The summed E-state index contributed by atoms with van der Waals surface area (Å²) in [7, 11) is 0. The number of rotatable bonds is 9. The highest BCUT2D eigenvalue weighted by molar-refractivity contribution is 5.39. The molecule has 2 aliphatic rings. The second-order valence-corrected chi connectivity index (χ2v) is 11.6. The van der Waals surface area contributed by atoms with E-state index in [1.165, 1.54) is 101 Å². The summed E-state index contributed by atoms with van der Waals surface area (Å²) in [6, 6.07) is 18.7. The summed E-state index contributed by atoms with van der Waals surface area (Å²) >= 11 is 0. The Hall–Kier alpha value is -2.26. The van der Waals surface area contributed by atoms with Gasteiger partial charge in [0.15, 0.2) is 0 Å². The molecule has 0 spiro atoms. The topological polar surface area (TPSA) is 0 Å². The first kappa shape index (κ1) is 26.8. The number of hydrogen-bond acceptors (Lipinski definition) is 0. The molecule has 36 heavy (non-hydrogen) atoms. The van der Waals surface area contributed by atoms with Crippen molar-refractivity contribution in [2.75, 3.05) is 0 Å². The molecule has 4 rings (SSSR count). The van der Waals surface area contributed by atoms with Crippen LogP contribution in [0.25, 0.3) is 0 Å². The Morgan fingerprint density at radius 2 is 1.31 bits per heavy atom. The lowest BCUT2D eigenvalue weighted by atomic mass is 9.77. The molecule has 192 valence electrons. The van der Waals surface area contributed by atoms with Crippen LogP contribution in [0.15, 0.2) is 60.7 Å². The molecule has 2 aromatic rings. The third kappa shape index (κ3) is 8.13. The van der Waals surface area contributed by atoms with Crippen LogP contribution in [0.5, 0.6) is 0 Å². The molecular weight excluding hydrogens is 432 g/mol. The van der Waals surface area contributed by atoms with E-state index in [0.29, 0.717) is 5.92 Å². The third-order valence-electron chi connectivity index (χ3n) is 8.89. The summed E-state index contributed by atoms with van der Waals surface area (Å²) in [5.74, 6) is 9.84. The molecule has 2 aromatic carbocycles. The van der Waals surface area contributed by atoms with Crippen LogP contribution in [0.1, 0.15) is 131 Å². The van der Waals surface area contributed by atoms with Crippen molar-refractivity contribution in [3.05, 3.63) is 82.9 Å². The van der Waals surface area contributed by atoms with Gasteiger partial charge < -0.3 is 0 Å². The van der Waals surface area contributed by atoms with Gasteiger partial charge in [-0.05, 0) is 123 Å². The molecule has 0 amide bonds. The highest BCUT2D eigenvalue weighted by Crippen LogP contribution is 2.38. The Morgan fingerprint density at radius 1 is 0.694 bits per heavy atom. The normalized spacial score (nSPS) is 24.4. The van der Waals surface area contributed by atoms with Crippen molar-refractivity contribution in [2.24, 2.45) is 11.8 Å². The Morgan fingerprint density at radius 3 is 1.92 bits per heavy atom. The lowest BCUT2D eigenvalue weighted by Gasteiger charge is -2.28. The Labute approximate surface area is 222 Å². The van der Waals surface area contributed by atoms with Gasteiger partial charge >= 0.3 is 0 Å². The highest BCUT2D eigenvalue weighted by Gasteiger charge is 2.22. The van der Waals surface area contributed by atoms with Crippen molar-refractivity contribution in [2.45, 2.75) is 116 Å². The molecule has 0 heteroatoms. The molecule has 0 saturated heterocycles. The van der Waals surface area contributed by atoms with Crippen LogP contribution >= 0.6 is 0 Å². The lowest BCUT2D eigenvalue weighted by Crippen LogP contribution is -2.13. The van der Waals surface area contributed by atoms with E-state index in [2.05, 4.69) is 86.4 Å². The van der Waals surface area contributed by atoms with Crippen molar-refractivity contribution in [1.82, 2.24) is 0 Å². The fourth-order valence-electron chi connectivity index (χ4n) is 6.52. The molecule has 0 aliphatic heterocycles. The molecule has 0 heterocycles. The summed E-state index contributed by atoms with van der Waals surface area (Å²) < 4.78 is 0. The van der Waals surface area contributed by atoms with E-state index in [4.69, 9.17) is 0 Å². The lowest BCUT2D eigenvalue weighted by molar-refractivity contribution is 0.308. The quantitative estimate of drug-likeness (QED) is 0.247. The van der Waals surface area contributed by atoms with Crippen molar-refractivity contribution in [1.29, 1.82) is 0 Å². The number of benzene rings is 2. The first-order chi connectivity index (χ1) is 17.7. The maximum Gasteiger partial charge on any atom is 0.0249 e. The summed E-state index contributed by atoms with van der Waals surface area (Å²) in [5.41, 5.74) is 5.72. The van der Waals surface area contributed by atoms with Crippen molar-refractivity contribution in [3.8, 4) is 11.8 Å². The number of aryl methyl sites for hydroxylation is 1. The molecular formula is C36H48. The van der Waals surface area contributed by atoms with Gasteiger partial charge in [0.25, 0.3) is 0 Å². The minimum atomic E-state index is 0.689. The molecule has 2 fully saturated rings. The van der Waals surface area contributed by atoms with Gasteiger partial charge in [-0.15, -0.1) is 0 Å². The van der Waals surface area contributed by atoms with Crippen LogP contribution in [0.2, 0.25) is 0 Å². The van der Waals surface area contributed by atoms with Gasteiger partial charge in [0.1, 0.15) is 0 Å². The fraction of sp³-hybridized carbons (Fsp3) is 0.556. The number of allylic oxidation sites excluding steroid dienone is 2. The maximum absolute atomic E-state index is 3.36. The van der Waals surface area contributed by atoms with E-state index >= 15 is 0 Å². The summed E-state index contributed by atoms with van der Waals surface area (Å²) in [4.78, 5) is 0. The van der Waals surface area contributed by atoms with Crippen molar-refractivity contribution < 1.29 is 0 Å². The van der Waals surface area contributed by atoms with Crippen molar-refractivity contribution in [3.63, 3.8) is 0 Å². The van der Waals surface area contributed by atoms with Gasteiger partial charge in [0, 0.05) is 5.56 Å². The fourth-order valence-corrected chi connectivity index (χ4v) is 6.52. The Bertz CT molecular complexity index is 965. The first-order valence-corrected chi connectivity index (χ1v) is 15.1. The van der Waals surface area contributed by atoms with E-state index in [-0.39, 0.29) is 0 Å². The van der Waals surface area contributed by atoms with Crippen LogP contribution in [0.4, 0.5) is 0 Å². The average Bonchev–Trinajstić information content (AvgIpc) is 2.93. The smallest absolute Gasteiger partial charge is 0.0249 e. The van der Waals surface area contributed by atoms with Gasteiger partial charge in [-0.25, -0.2) is 0 Å². The second-order valence-electron chi connectivity index (χ2n) is 11.6. The number of unbranched alkanes of at least 4 members (excludes halogenated alkanes) is 2. The second kappa shape index (κ2) is 14.5. The SMILES string of the molecule is CCCCCc1ccc([C@H]2CC[C@H](/C=C/C#Cc3ccc([C@H]4CC[C@H](CCC)CC4)cc3)CC2)cc1. The number of hydrogen-bond donors (Lipinski definition) is 0. The van der Waals surface area contributed by atoms with Crippen LogP contribution in [-0.2, 0) is 6.42 Å². The molecule has 0 N–H and O–H groups in total. The summed E-state index contributed by atoms with van der Waals surface area (Å²) in [6.45, 7) is 4.60. The Balaban J connectivity index is 1.19. The summed E-state index contributed by atoms with van der Waals surface area (Å²) in [5, 5.41) is 0. The maximum atomic E-state index is 3.36. The molecule has 2 saturated carbocycles. The van der Waals surface area contributed by atoms with Crippen LogP contribution in [-0.4, -0.2) is 0 Å².